The molecule has 0 bridgehead atoms. The summed E-state index contributed by atoms with van der Waals surface area (Å²) in [7, 11) is 0. The zero-order valence-corrected chi connectivity index (χ0v) is 13.0. The number of carbonyl (C=O) groups excluding carboxylic acids is 1. The minimum Gasteiger partial charge on any atom is -0.492 e. The molecule has 2 N–H and O–H groups in total. The standard InChI is InChI=1S/C13H15BrClNO4/c14-10-8-9(15)3-4-11(10)20-7-5-12(17)16-6-1-2-13(18)19/h3-4,8H,1-2,5-7H2,(H,16,17)(H,18,19). The number of rotatable bonds is 8. The molecule has 110 valence electrons. The van der Waals surface area contributed by atoms with Crippen molar-refractivity contribution in [2.24, 2.45) is 0 Å². The van der Waals surface area contributed by atoms with Crippen LogP contribution < -0.4 is 10.1 Å². The molecule has 0 saturated carbocycles. The number of carboxylic acids is 1. The number of aliphatic carboxylic acids is 1. The molecule has 0 aromatic heterocycles. The van der Waals surface area contributed by atoms with Gasteiger partial charge < -0.3 is 15.2 Å². The lowest BCUT2D eigenvalue weighted by atomic mass is 10.3. The highest BCUT2D eigenvalue weighted by Crippen LogP contribution is 2.27. The maximum Gasteiger partial charge on any atom is 0.303 e. The Balaban J connectivity index is 2.20. The molecule has 0 aliphatic heterocycles. The van der Waals surface area contributed by atoms with Crippen LogP contribution in [0.4, 0.5) is 0 Å². The maximum atomic E-state index is 11.4. The predicted octanol–water partition coefficient (Wildman–Crippen LogP) is 2.85. The number of nitrogens with one attached hydrogen (secondary N) is 1. The Morgan fingerprint density at radius 2 is 2.10 bits per heavy atom. The number of ether oxygens (including phenoxy) is 1. The number of carbonyl (C=O) groups is 2. The zero-order valence-electron chi connectivity index (χ0n) is 10.7. The second-order valence-corrected chi connectivity index (χ2v) is 5.31. The topological polar surface area (TPSA) is 75.6 Å². The number of amides is 1. The van der Waals surface area contributed by atoms with E-state index in [4.69, 9.17) is 21.4 Å². The van der Waals surface area contributed by atoms with Crippen LogP contribution in [0.15, 0.2) is 22.7 Å². The van der Waals surface area contributed by atoms with Crippen molar-refractivity contribution in [2.45, 2.75) is 19.3 Å². The summed E-state index contributed by atoms with van der Waals surface area (Å²) in [6.07, 6.45) is 0.682. The molecule has 0 fully saturated rings. The first-order valence-electron chi connectivity index (χ1n) is 6.05. The summed E-state index contributed by atoms with van der Waals surface area (Å²) in [5.74, 6) is -0.413. The zero-order chi connectivity index (χ0) is 15.0. The van der Waals surface area contributed by atoms with Crippen molar-refractivity contribution in [3.8, 4) is 5.75 Å². The second kappa shape index (κ2) is 8.81. The van der Waals surface area contributed by atoms with Crippen LogP contribution in [0.5, 0.6) is 5.75 Å². The summed E-state index contributed by atoms with van der Waals surface area (Å²) in [5.41, 5.74) is 0. The third-order valence-corrected chi connectivity index (χ3v) is 3.23. The van der Waals surface area contributed by atoms with Crippen LogP contribution in [-0.4, -0.2) is 30.1 Å². The van der Waals surface area contributed by atoms with E-state index in [0.29, 0.717) is 23.7 Å². The Morgan fingerprint density at radius 1 is 1.35 bits per heavy atom. The van der Waals surface area contributed by atoms with E-state index in [1.807, 2.05) is 0 Å². The van der Waals surface area contributed by atoms with Gasteiger partial charge in [-0.25, -0.2) is 0 Å². The van der Waals surface area contributed by atoms with Gasteiger partial charge in [-0.3, -0.25) is 9.59 Å². The first kappa shape index (κ1) is 16.8. The van der Waals surface area contributed by atoms with E-state index >= 15 is 0 Å². The summed E-state index contributed by atoms with van der Waals surface area (Å²) < 4.78 is 6.18. The minimum atomic E-state index is -0.866. The van der Waals surface area contributed by atoms with Crippen LogP contribution in [0.2, 0.25) is 5.02 Å². The normalized spacial score (nSPS) is 10.1. The lowest BCUT2D eigenvalue weighted by Gasteiger charge is -2.08. The van der Waals surface area contributed by atoms with E-state index < -0.39 is 5.97 Å². The Labute approximate surface area is 130 Å². The average Bonchev–Trinajstić information content (AvgIpc) is 2.37. The molecular formula is C13H15BrClNO4. The highest BCUT2D eigenvalue weighted by molar-refractivity contribution is 9.10. The van der Waals surface area contributed by atoms with Crippen molar-refractivity contribution >= 4 is 39.4 Å². The van der Waals surface area contributed by atoms with E-state index in [1.54, 1.807) is 18.2 Å². The number of carboxylic acid groups (broad SMARTS) is 1. The van der Waals surface area contributed by atoms with Crippen LogP contribution in [0.3, 0.4) is 0 Å². The molecule has 0 spiro atoms. The molecule has 0 aliphatic rings. The Hall–Kier alpha value is -1.27. The van der Waals surface area contributed by atoms with E-state index in [1.165, 1.54) is 0 Å². The van der Waals surface area contributed by atoms with Crippen molar-refractivity contribution in [2.75, 3.05) is 13.2 Å². The number of benzene rings is 1. The van der Waals surface area contributed by atoms with Crippen LogP contribution in [0.25, 0.3) is 0 Å². The first-order valence-corrected chi connectivity index (χ1v) is 7.22. The van der Waals surface area contributed by atoms with Gasteiger partial charge in [0.1, 0.15) is 5.75 Å². The van der Waals surface area contributed by atoms with Crippen LogP contribution >= 0.6 is 27.5 Å². The Kier molecular flexibility index (Phi) is 7.40. The fourth-order valence-corrected chi connectivity index (χ4v) is 2.20. The van der Waals surface area contributed by atoms with E-state index in [2.05, 4.69) is 21.2 Å². The van der Waals surface area contributed by atoms with Crippen molar-refractivity contribution in [1.29, 1.82) is 0 Å². The van der Waals surface area contributed by atoms with E-state index in [-0.39, 0.29) is 25.4 Å². The predicted molar refractivity (Wildman–Crippen MR) is 79.1 cm³/mol. The van der Waals surface area contributed by atoms with Crippen LogP contribution in [0.1, 0.15) is 19.3 Å². The molecular weight excluding hydrogens is 350 g/mol. The largest absolute Gasteiger partial charge is 0.492 e. The van der Waals surface area contributed by atoms with Crippen LogP contribution in [-0.2, 0) is 9.59 Å². The quantitative estimate of drug-likeness (QED) is 0.696. The summed E-state index contributed by atoms with van der Waals surface area (Å²) in [6, 6.07) is 5.13. The molecule has 20 heavy (non-hydrogen) atoms. The molecule has 0 saturated heterocycles. The smallest absolute Gasteiger partial charge is 0.303 e. The fraction of sp³-hybridized carbons (Fsp3) is 0.385. The molecule has 0 aliphatic carbocycles. The Bertz CT molecular complexity index is 481. The second-order valence-electron chi connectivity index (χ2n) is 4.02. The van der Waals surface area contributed by atoms with Gasteiger partial charge in [-0.1, -0.05) is 11.6 Å². The molecule has 0 unspecified atom stereocenters. The van der Waals surface area contributed by atoms with Gasteiger partial charge in [0.2, 0.25) is 5.91 Å². The number of hydrogen-bond donors (Lipinski definition) is 2. The van der Waals surface area contributed by atoms with Gasteiger partial charge in [0, 0.05) is 18.0 Å². The molecule has 5 nitrogen and oxygen atoms in total. The SMILES string of the molecule is O=C(O)CCCNC(=O)CCOc1ccc(Cl)cc1Br. The molecule has 0 radical (unpaired) electrons. The van der Waals surface area contributed by atoms with Gasteiger partial charge in [0.05, 0.1) is 17.5 Å². The fourth-order valence-electron chi connectivity index (χ4n) is 1.40. The summed E-state index contributed by atoms with van der Waals surface area (Å²) >= 11 is 9.12. The molecule has 1 amide bonds. The van der Waals surface area contributed by atoms with Crippen molar-refractivity contribution in [1.82, 2.24) is 5.32 Å². The van der Waals surface area contributed by atoms with Gasteiger partial charge in [-0.15, -0.1) is 0 Å². The van der Waals surface area contributed by atoms with E-state index in [0.717, 1.165) is 4.47 Å². The molecule has 7 heteroatoms. The summed E-state index contributed by atoms with van der Waals surface area (Å²) in [5, 5.41) is 11.7. The van der Waals surface area contributed by atoms with Gasteiger partial charge >= 0.3 is 5.97 Å². The maximum absolute atomic E-state index is 11.4. The highest BCUT2D eigenvalue weighted by atomic mass is 79.9. The lowest BCUT2D eigenvalue weighted by Crippen LogP contribution is -2.26. The van der Waals surface area contributed by atoms with Crippen molar-refractivity contribution in [3.05, 3.63) is 27.7 Å². The minimum absolute atomic E-state index is 0.0501. The lowest BCUT2D eigenvalue weighted by molar-refractivity contribution is -0.137. The first-order chi connectivity index (χ1) is 9.49. The Morgan fingerprint density at radius 3 is 2.75 bits per heavy atom. The highest BCUT2D eigenvalue weighted by Gasteiger charge is 2.05. The molecule has 0 heterocycles. The van der Waals surface area contributed by atoms with Crippen molar-refractivity contribution < 1.29 is 19.4 Å². The molecule has 1 aromatic rings. The molecule has 1 rings (SSSR count). The monoisotopic (exact) mass is 363 g/mol. The molecule has 1 aromatic carbocycles. The molecule has 0 atom stereocenters. The summed E-state index contributed by atoms with van der Waals surface area (Å²) in [4.78, 5) is 21.7. The third kappa shape index (κ3) is 6.77. The third-order valence-electron chi connectivity index (χ3n) is 2.37. The van der Waals surface area contributed by atoms with Gasteiger partial charge in [-0.05, 0) is 40.5 Å². The van der Waals surface area contributed by atoms with Gasteiger partial charge in [-0.2, -0.15) is 0 Å². The van der Waals surface area contributed by atoms with E-state index in [9.17, 15) is 9.59 Å². The number of hydrogen-bond acceptors (Lipinski definition) is 3. The average molecular weight is 365 g/mol. The van der Waals surface area contributed by atoms with Crippen molar-refractivity contribution in [3.63, 3.8) is 0 Å². The van der Waals surface area contributed by atoms with Gasteiger partial charge in [0.25, 0.3) is 0 Å². The number of halogens is 2. The summed E-state index contributed by atoms with van der Waals surface area (Å²) in [6.45, 7) is 0.598. The van der Waals surface area contributed by atoms with Gasteiger partial charge in [0.15, 0.2) is 0 Å². The van der Waals surface area contributed by atoms with Crippen LogP contribution in [0, 0.1) is 0 Å².